The Labute approximate surface area is 111 Å². The summed E-state index contributed by atoms with van der Waals surface area (Å²) in [6, 6.07) is -0.773. The molecule has 1 aliphatic carbocycles. The van der Waals surface area contributed by atoms with Crippen molar-refractivity contribution in [1.29, 1.82) is 0 Å². The van der Waals surface area contributed by atoms with Crippen molar-refractivity contribution in [3.8, 4) is 0 Å². The first kappa shape index (κ1) is 13.8. The molecule has 2 N–H and O–H groups in total. The first-order chi connectivity index (χ1) is 9.00. The summed E-state index contributed by atoms with van der Waals surface area (Å²) in [5.74, 6) is -2.06. The minimum Gasteiger partial charge on any atom is -0.481 e. The fraction of sp³-hybridized carbons (Fsp3) is 0.769. The number of carboxylic acid groups (broad SMARTS) is 2. The first-order valence-corrected chi connectivity index (χ1v) is 6.76. The molecule has 0 bridgehead atoms. The zero-order chi connectivity index (χ0) is 14.0. The van der Waals surface area contributed by atoms with Gasteiger partial charge in [-0.15, -0.1) is 0 Å². The third kappa shape index (κ3) is 2.88. The Kier molecular flexibility index (Phi) is 4.07. The summed E-state index contributed by atoms with van der Waals surface area (Å²) in [7, 11) is 0. The number of nitrogens with zero attached hydrogens (tertiary/aromatic N) is 1. The lowest BCUT2D eigenvalue weighted by atomic mass is 9.84. The number of amides is 1. The van der Waals surface area contributed by atoms with E-state index in [-0.39, 0.29) is 30.7 Å². The van der Waals surface area contributed by atoms with Gasteiger partial charge in [-0.05, 0) is 25.2 Å². The summed E-state index contributed by atoms with van der Waals surface area (Å²) in [5.41, 5.74) is 0. The van der Waals surface area contributed by atoms with E-state index >= 15 is 0 Å². The molecular weight excluding hydrogens is 250 g/mol. The number of rotatable bonds is 4. The maximum Gasteiger partial charge on any atom is 0.326 e. The number of carbonyl (C=O) groups is 3. The highest BCUT2D eigenvalue weighted by Crippen LogP contribution is 2.40. The molecule has 3 atom stereocenters. The minimum atomic E-state index is -1.03. The predicted molar refractivity (Wildman–Crippen MR) is 65.5 cm³/mol. The number of hydrogen-bond donors (Lipinski definition) is 2. The van der Waals surface area contributed by atoms with Crippen molar-refractivity contribution in [3.05, 3.63) is 0 Å². The van der Waals surface area contributed by atoms with Gasteiger partial charge in [-0.25, -0.2) is 4.79 Å². The smallest absolute Gasteiger partial charge is 0.326 e. The van der Waals surface area contributed by atoms with E-state index in [1.54, 1.807) is 0 Å². The van der Waals surface area contributed by atoms with Gasteiger partial charge in [0.1, 0.15) is 6.04 Å². The summed E-state index contributed by atoms with van der Waals surface area (Å²) < 4.78 is 0. The fourth-order valence-corrected chi connectivity index (χ4v) is 3.38. The number of likely N-dealkylation sites (tertiary alicyclic amines) is 1. The van der Waals surface area contributed by atoms with E-state index in [1.807, 2.05) is 0 Å². The molecule has 6 nitrogen and oxygen atoms in total. The molecule has 2 rings (SSSR count). The summed E-state index contributed by atoms with van der Waals surface area (Å²) >= 11 is 0. The van der Waals surface area contributed by atoms with Crippen LogP contribution in [0.15, 0.2) is 0 Å². The highest BCUT2D eigenvalue weighted by molar-refractivity contribution is 5.86. The third-order valence-electron chi connectivity index (χ3n) is 4.21. The van der Waals surface area contributed by atoms with Gasteiger partial charge in [-0.3, -0.25) is 9.59 Å². The van der Waals surface area contributed by atoms with Crippen LogP contribution in [-0.2, 0) is 14.4 Å². The predicted octanol–water partition coefficient (Wildman–Crippen LogP) is 1.10. The zero-order valence-corrected chi connectivity index (χ0v) is 10.7. The highest BCUT2D eigenvalue weighted by Gasteiger charge is 2.47. The molecule has 1 amide bonds. The Morgan fingerprint density at radius 3 is 2.37 bits per heavy atom. The van der Waals surface area contributed by atoms with E-state index in [9.17, 15) is 19.5 Å². The van der Waals surface area contributed by atoms with Crippen molar-refractivity contribution >= 4 is 17.8 Å². The van der Waals surface area contributed by atoms with Gasteiger partial charge in [0.05, 0.1) is 6.42 Å². The van der Waals surface area contributed by atoms with Crippen LogP contribution in [0.1, 0.15) is 44.9 Å². The van der Waals surface area contributed by atoms with Crippen LogP contribution >= 0.6 is 0 Å². The lowest BCUT2D eigenvalue weighted by molar-refractivity contribution is -0.150. The molecule has 106 valence electrons. The molecular formula is C13H19NO5. The minimum absolute atomic E-state index is 0.00357. The lowest BCUT2D eigenvalue weighted by Gasteiger charge is -2.33. The zero-order valence-electron chi connectivity index (χ0n) is 10.7. The molecule has 2 aliphatic rings. The van der Waals surface area contributed by atoms with Crippen LogP contribution in [0, 0.1) is 5.92 Å². The Morgan fingerprint density at radius 1 is 1.05 bits per heavy atom. The quantitative estimate of drug-likeness (QED) is 0.796. The third-order valence-corrected chi connectivity index (χ3v) is 4.21. The van der Waals surface area contributed by atoms with Crippen molar-refractivity contribution in [1.82, 2.24) is 4.90 Å². The Balaban J connectivity index is 2.10. The van der Waals surface area contributed by atoms with Gasteiger partial charge in [0.2, 0.25) is 5.91 Å². The maximum atomic E-state index is 12.1. The average Bonchev–Trinajstić information content (AvgIpc) is 2.75. The fourth-order valence-electron chi connectivity index (χ4n) is 3.38. The van der Waals surface area contributed by atoms with E-state index in [0.717, 1.165) is 25.7 Å². The van der Waals surface area contributed by atoms with E-state index in [2.05, 4.69) is 0 Å². The highest BCUT2D eigenvalue weighted by atomic mass is 16.4. The van der Waals surface area contributed by atoms with Crippen LogP contribution in [0.3, 0.4) is 0 Å². The summed E-state index contributed by atoms with van der Waals surface area (Å²) in [6.45, 7) is 0. The second-order valence-electron chi connectivity index (χ2n) is 5.40. The van der Waals surface area contributed by atoms with Crippen LogP contribution < -0.4 is 0 Å². The summed E-state index contributed by atoms with van der Waals surface area (Å²) in [6.07, 6.45) is 4.07. The molecule has 2 fully saturated rings. The Hall–Kier alpha value is -1.59. The van der Waals surface area contributed by atoms with E-state index in [0.29, 0.717) is 6.42 Å². The van der Waals surface area contributed by atoms with Gasteiger partial charge in [-0.2, -0.15) is 0 Å². The van der Waals surface area contributed by atoms with Crippen molar-refractivity contribution in [2.24, 2.45) is 5.92 Å². The standard InChI is InChI=1S/C13H19NO5/c15-11(5-6-12(16)17)14-9-4-2-1-3-8(9)7-10(14)13(18)19/h8-10H,1-7H2,(H,16,17)(H,18,19). The Bertz CT molecular complexity index is 394. The van der Waals surface area contributed by atoms with Crippen LogP contribution in [0.2, 0.25) is 0 Å². The molecule has 1 aliphatic heterocycles. The van der Waals surface area contributed by atoms with Gasteiger partial charge >= 0.3 is 11.9 Å². The van der Waals surface area contributed by atoms with Gasteiger partial charge < -0.3 is 15.1 Å². The van der Waals surface area contributed by atoms with Crippen LogP contribution in [-0.4, -0.2) is 45.0 Å². The molecule has 3 unspecified atom stereocenters. The topological polar surface area (TPSA) is 94.9 Å². The second kappa shape index (κ2) is 5.59. The first-order valence-electron chi connectivity index (χ1n) is 6.76. The molecule has 1 saturated heterocycles. The van der Waals surface area contributed by atoms with E-state index < -0.39 is 18.0 Å². The van der Waals surface area contributed by atoms with E-state index in [4.69, 9.17) is 5.11 Å². The lowest BCUT2D eigenvalue weighted by Crippen LogP contribution is -2.46. The normalized spacial score (nSPS) is 29.9. The number of carboxylic acids is 2. The molecule has 0 aromatic rings. The largest absolute Gasteiger partial charge is 0.481 e. The van der Waals surface area contributed by atoms with Crippen LogP contribution in [0.5, 0.6) is 0 Å². The summed E-state index contributed by atoms with van der Waals surface area (Å²) in [5, 5.41) is 17.9. The number of fused-ring (bicyclic) bond motifs is 1. The monoisotopic (exact) mass is 269 g/mol. The molecule has 1 saturated carbocycles. The van der Waals surface area contributed by atoms with Crippen LogP contribution in [0.4, 0.5) is 0 Å². The van der Waals surface area contributed by atoms with E-state index in [1.165, 1.54) is 4.90 Å². The summed E-state index contributed by atoms with van der Waals surface area (Å²) in [4.78, 5) is 35.4. The van der Waals surface area contributed by atoms with Crippen molar-refractivity contribution < 1.29 is 24.6 Å². The molecule has 19 heavy (non-hydrogen) atoms. The van der Waals surface area contributed by atoms with Crippen molar-refractivity contribution in [3.63, 3.8) is 0 Å². The number of hydrogen-bond acceptors (Lipinski definition) is 3. The molecule has 0 spiro atoms. The van der Waals surface area contributed by atoms with Gasteiger partial charge in [0, 0.05) is 12.5 Å². The molecule has 1 heterocycles. The molecule has 0 aromatic carbocycles. The van der Waals surface area contributed by atoms with Gasteiger partial charge in [-0.1, -0.05) is 12.8 Å². The maximum absolute atomic E-state index is 12.1. The average molecular weight is 269 g/mol. The molecule has 0 radical (unpaired) electrons. The molecule has 6 heteroatoms. The number of aliphatic carboxylic acids is 2. The molecule has 0 aromatic heterocycles. The van der Waals surface area contributed by atoms with Gasteiger partial charge in [0.25, 0.3) is 0 Å². The van der Waals surface area contributed by atoms with Gasteiger partial charge in [0.15, 0.2) is 0 Å². The number of carbonyl (C=O) groups excluding carboxylic acids is 1. The van der Waals surface area contributed by atoms with Crippen molar-refractivity contribution in [2.75, 3.05) is 0 Å². The SMILES string of the molecule is O=C(O)CCC(=O)N1C(C(=O)O)CC2CCCCC21. The Morgan fingerprint density at radius 2 is 1.74 bits per heavy atom. The second-order valence-corrected chi connectivity index (χ2v) is 5.40. The van der Waals surface area contributed by atoms with Crippen molar-refractivity contribution in [2.45, 2.75) is 57.0 Å². The van der Waals surface area contributed by atoms with Crippen LogP contribution in [0.25, 0.3) is 0 Å².